The molecule has 18 heavy (non-hydrogen) atoms. The average Bonchev–Trinajstić information content (AvgIpc) is 3.13. The summed E-state index contributed by atoms with van der Waals surface area (Å²) in [5.41, 5.74) is 7.50. The first-order valence-electron chi connectivity index (χ1n) is 5.85. The van der Waals surface area contributed by atoms with E-state index in [1.807, 2.05) is 18.0 Å². The van der Waals surface area contributed by atoms with Crippen LogP contribution in [0.1, 0.15) is 24.0 Å². The maximum absolute atomic E-state index is 13.1. The first kappa shape index (κ1) is 15.2. The molecular formula is C13H19FIN3. The maximum atomic E-state index is 13.1. The third-order valence-corrected chi connectivity index (χ3v) is 3.10. The Balaban J connectivity index is 0.00000162. The summed E-state index contributed by atoms with van der Waals surface area (Å²) in [6.07, 6.45) is 2.39. The lowest BCUT2D eigenvalue weighted by Crippen LogP contribution is -2.35. The van der Waals surface area contributed by atoms with E-state index in [1.54, 1.807) is 13.0 Å². The van der Waals surface area contributed by atoms with Gasteiger partial charge in [-0.25, -0.2) is 9.38 Å². The monoisotopic (exact) mass is 363 g/mol. The molecule has 2 N–H and O–H groups in total. The Labute approximate surface area is 124 Å². The predicted molar refractivity (Wildman–Crippen MR) is 82.7 cm³/mol. The van der Waals surface area contributed by atoms with Crippen molar-refractivity contribution in [2.24, 2.45) is 10.7 Å². The molecule has 1 aliphatic rings. The molecule has 5 heteroatoms. The minimum atomic E-state index is -0.180. The van der Waals surface area contributed by atoms with Crippen LogP contribution in [0.5, 0.6) is 0 Å². The first-order chi connectivity index (χ1) is 8.08. The van der Waals surface area contributed by atoms with Gasteiger partial charge in [0.1, 0.15) is 5.82 Å². The maximum Gasteiger partial charge on any atom is 0.191 e. The zero-order valence-electron chi connectivity index (χ0n) is 10.7. The Morgan fingerprint density at radius 1 is 1.50 bits per heavy atom. The van der Waals surface area contributed by atoms with Crippen molar-refractivity contribution < 1.29 is 4.39 Å². The topological polar surface area (TPSA) is 41.6 Å². The van der Waals surface area contributed by atoms with Crippen molar-refractivity contribution in [2.75, 3.05) is 7.05 Å². The van der Waals surface area contributed by atoms with Gasteiger partial charge >= 0.3 is 0 Å². The van der Waals surface area contributed by atoms with Crippen molar-refractivity contribution in [3.05, 3.63) is 35.1 Å². The van der Waals surface area contributed by atoms with Gasteiger partial charge in [-0.05, 0) is 37.0 Å². The lowest BCUT2D eigenvalue weighted by molar-refractivity contribution is 0.487. The van der Waals surface area contributed by atoms with Gasteiger partial charge in [-0.2, -0.15) is 0 Å². The average molecular weight is 363 g/mol. The van der Waals surface area contributed by atoms with E-state index in [4.69, 9.17) is 5.73 Å². The Bertz CT molecular complexity index is 444. The molecule has 1 saturated carbocycles. The summed E-state index contributed by atoms with van der Waals surface area (Å²) < 4.78 is 13.1. The molecule has 0 spiro atoms. The summed E-state index contributed by atoms with van der Waals surface area (Å²) in [4.78, 5) is 6.33. The summed E-state index contributed by atoms with van der Waals surface area (Å²) in [7, 11) is 1.96. The minimum absolute atomic E-state index is 0. The van der Waals surface area contributed by atoms with Gasteiger partial charge < -0.3 is 10.6 Å². The van der Waals surface area contributed by atoms with E-state index in [1.165, 1.54) is 18.9 Å². The Kier molecular flexibility index (Phi) is 5.37. The number of guanidine groups is 1. The summed E-state index contributed by atoms with van der Waals surface area (Å²) in [6.45, 7) is 2.26. The standard InChI is InChI=1S/C13H18FN3.HI/c1-9-7-10(3-6-12(9)14)8-16-13(15)17(2)11-4-5-11;/h3,6-7,11H,4-5,8H2,1-2H3,(H2,15,16);1H. The molecule has 0 atom stereocenters. The van der Waals surface area contributed by atoms with Crippen molar-refractivity contribution in [3.8, 4) is 0 Å². The second kappa shape index (κ2) is 6.36. The number of hydrogen-bond acceptors (Lipinski definition) is 1. The highest BCUT2D eigenvalue weighted by Crippen LogP contribution is 2.24. The number of nitrogens with two attached hydrogens (primary N) is 1. The van der Waals surface area contributed by atoms with Crippen LogP contribution in [0.3, 0.4) is 0 Å². The van der Waals surface area contributed by atoms with Crippen molar-refractivity contribution >= 4 is 29.9 Å². The molecule has 3 nitrogen and oxygen atoms in total. The zero-order valence-corrected chi connectivity index (χ0v) is 13.0. The number of benzene rings is 1. The Hall–Kier alpha value is -0.850. The van der Waals surface area contributed by atoms with Gasteiger partial charge in [0, 0.05) is 13.1 Å². The van der Waals surface area contributed by atoms with Crippen molar-refractivity contribution in [1.29, 1.82) is 0 Å². The molecule has 100 valence electrons. The lowest BCUT2D eigenvalue weighted by Gasteiger charge is -2.16. The molecule has 1 aliphatic carbocycles. The molecule has 1 aromatic rings. The van der Waals surface area contributed by atoms with Gasteiger partial charge in [0.15, 0.2) is 5.96 Å². The van der Waals surface area contributed by atoms with Crippen LogP contribution in [0, 0.1) is 12.7 Å². The molecule has 0 unspecified atom stereocenters. The number of hydrogen-bond donors (Lipinski definition) is 1. The summed E-state index contributed by atoms with van der Waals surface area (Å²) >= 11 is 0. The zero-order chi connectivity index (χ0) is 12.4. The van der Waals surface area contributed by atoms with E-state index < -0.39 is 0 Å². The highest BCUT2D eigenvalue weighted by molar-refractivity contribution is 14.0. The molecule has 2 rings (SSSR count). The number of halogens is 2. The highest BCUT2D eigenvalue weighted by atomic mass is 127. The van der Waals surface area contributed by atoms with Crippen molar-refractivity contribution in [1.82, 2.24) is 4.90 Å². The fraction of sp³-hybridized carbons (Fsp3) is 0.462. The van der Waals surface area contributed by atoms with E-state index >= 15 is 0 Å². The van der Waals surface area contributed by atoms with Crippen LogP contribution in [0.4, 0.5) is 4.39 Å². The molecule has 0 saturated heterocycles. The van der Waals surface area contributed by atoms with Crippen LogP contribution < -0.4 is 5.73 Å². The van der Waals surface area contributed by atoms with Gasteiger partial charge in [-0.3, -0.25) is 0 Å². The van der Waals surface area contributed by atoms with E-state index in [2.05, 4.69) is 4.99 Å². The second-order valence-electron chi connectivity index (χ2n) is 4.60. The first-order valence-corrected chi connectivity index (χ1v) is 5.85. The van der Waals surface area contributed by atoms with Crippen LogP contribution in [0.25, 0.3) is 0 Å². The van der Waals surface area contributed by atoms with Crippen LogP contribution >= 0.6 is 24.0 Å². The molecule has 0 amide bonds. The highest BCUT2D eigenvalue weighted by Gasteiger charge is 2.27. The molecule has 1 fully saturated rings. The van der Waals surface area contributed by atoms with E-state index in [9.17, 15) is 4.39 Å². The van der Waals surface area contributed by atoms with Crippen molar-refractivity contribution in [3.63, 3.8) is 0 Å². The minimum Gasteiger partial charge on any atom is -0.370 e. The summed E-state index contributed by atoms with van der Waals surface area (Å²) in [5, 5.41) is 0. The third-order valence-electron chi connectivity index (χ3n) is 3.10. The lowest BCUT2D eigenvalue weighted by atomic mass is 10.1. The number of nitrogens with zero attached hydrogens (tertiary/aromatic N) is 2. The summed E-state index contributed by atoms with van der Waals surface area (Å²) in [5.74, 6) is 0.385. The summed E-state index contributed by atoms with van der Waals surface area (Å²) in [6, 6.07) is 5.59. The molecule has 0 aliphatic heterocycles. The predicted octanol–water partition coefficient (Wildman–Crippen LogP) is 2.66. The smallest absolute Gasteiger partial charge is 0.191 e. The Morgan fingerprint density at radius 3 is 2.72 bits per heavy atom. The van der Waals surface area contributed by atoms with E-state index in [0.29, 0.717) is 24.1 Å². The van der Waals surface area contributed by atoms with Crippen LogP contribution in [0.15, 0.2) is 23.2 Å². The molecular weight excluding hydrogens is 344 g/mol. The molecule has 0 heterocycles. The van der Waals surface area contributed by atoms with Crippen molar-refractivity contribution in [2.45, 2.75) is 32.4 Å². The van der Waals surface area contributed by atoms with Gasteiger partial charge in [-0.15, -0.1) is 24.0 Å². The number of aliphatic imine (C=N–C) groups is 1. The van der Waals surface area contributed by atoms with Gasteiger partial charge in [0.2, 0.25) is 0 Å². The van der Waals surface area contributed by atoms with Gasteiger partial charge in [0.25, 0.3) is 0 Å². The third kappa shape index (κ3) is 3.83. The van der Waals surface area contributed by atoms with Gasteiger partial charge in [0.05, 0.1) is 6.54 Å². The number of rotatable bonds is 3. The normalized spacial score (nSPS) is 15.2. The Morgan fingerprint density at radius 2 is 2.17 bits per heavy atom. The second-order valence-corrected chi connectivity index (χ2v) is 4.60. The SMILES string of the molecule is Cc1cc(CN=C(N)N(C)C2CC2)ccc1F.I. The largest absolute Gasteiger partial charge is 0.370 e. The molecule has 1 aromatic carbocycles. The van der Waals surface area contributed by atoms with E-state index in [0.717, 1.165) is 5.56 Å². The fourth-order valence-electron chi connectivity index (χ4n) is 1.74. The number of aryl methyl sites for hydroxylation is 1. The quantitative estimate of drug-likeness (QED) is 0.510. The molecule has 0 aromatic heterocycles. The van der Waals surface area contributed by atoms with Crippen LogP contribution in [-0.2, 0) is 6.54 Å². The molecule has 0 bridgehead atoms. The van der Waals surface area contributed by atoms with Crippen LogP contribution in [0.2, 0.25) is 0 Å². The fourth-order valence-corrected chi connectivity index (χ4v) is 1.74. The molecule has 0 radical (unpaired) electrons. The van der Waals surface area contributed by atoms with Crippen LogP contribution in [-0.4, -0.2) is 23.9 Å². The van der Waals surface area contributed by atoms with Gasteiger partial charge in [-0.1, -0.05) is 12.1 Å². The van der Waals surface area contributed by atoms with E-state index in [-0.39, 0.29) is 29.8 Å².